The van der Waals surface area contributed by atoms with Crippen molar-refractivity contribution in [3.63, 3.8) is 0 Å². The minimum Gasteiger partial charge on any atom is -0.324 e. The van der Waals surface area contributed by atoms with Crippen molar-refractivity contribution in [2.45, 2.75) is 20.8 Å². The Hall–Kier alpha value is -3.21. The number of hydrogen-bond donors (Lipinski definition) is 2. The van der Waals surface area contributed by atoms with E-state index >= 15 is 0 Å². The van der Waals surface area contributed by atoms with E-state index in [-0.39, 0.29) is 5.91 Å². The number of aryl methyl sites for hydroxylation is 3. The predicted molar refractivity (Wildman–Crippen MR) is 100 cm³/mol. The van der Waals surface area contributed by atoms with Crippen LogP contribution in [0.5, 0.6) is 0 Å². The summed E-state index contributed by atoms with van der Waals surface area (Å²) in [7, 11) is 0. The maximum absolute atomic E-state index is 12.5. The zero-order valence-electron chi connectivity index (χ0n) is 14.5. The Labute approximate surface area is 147 Å². The Balaban J connectivity index is 1.77. The summed E-state index contributed by atoms with van der Waals surface area (Å²) in [6.45, 7) is 6.01. The van der Waals surface area contributed by atoms with Gasteiger partial charge in [0.15, 0.2) is 0 Å². The molecule has 1 heterocycles. The predicted octanol–water partition coefficient (Wildman–Crippen LogP) is 4.40. The highest BCUT2D eigenvalue weighted by Crippen LogP contribution is 2.16. The second-order valence-corrected chi connectivity index (χ2v) is 6.09. The van der Waals surface area contributed by atoms with Crippen LogP contribution in [0.15, 0.2) is 54.7 Å². The number of aromatic nitrogens is 2. The monoisotopic (exact) mass is 332 g/mol. The van der Waals surface area contributed by atoms with Crippen LogP contribution in [0.3, 0.4) is 0 Å². The van der Waals surface area contributed by atoms with Gasteiger partial charge in [0.1, 0.15) is 5.69 Å². The van der Waals surface area contributed by atoms with Gasteiger partial charge in [-0.3, -0.25) is 4.79 Å². The number of carbonyl (C=O) groups excluding carboxylic acids is 1. The Morgan fingerprint density at radius 3 is 2.32 bits per heavy atom. The molecule has 0 spiro atoms. The average molecular weight is 332 g/mol. The van der Waals surface area contributed by atoms with E-state index in [1.165, 1.54) is 0 Å². The van der Waals surface area contributed by atoms with Crippen LogP contribution in [0, 0.1) is 20.8 Å². The number of nitrogens with zero attached hydrogens (tertiary/aromatic N) is 2. The number of hydrogen-bond acceptors (Lipinski definition) is 4. The summed E-state index contributed by atoms with van der Waals surface area (Å²) in [5.41, 5.74) is 5.28. The molecular formula is C20H20N4O. The molecule has 3 aromatic rings. The first kappa shape index (κ1) is 16.6. The van der Waals surface area contributed by atoms with Crippen molar-refractivity contribution < 1.29 is 4.79 Å². The van der Waals surface area contributed by atoms with Gasteiger partial charge in [-0.2, -0.15) is 0 Å². The molecular weight excluding hydrogens is 312 g/mol. The van der Waals surface area contributed by atoms with Crippen LogP contribution in [-0.4, -0.2) is 15.9 Å². The largest absolute Gasteiger partial charge is 0.324 e. The van der Waals surface area contributed by atoms with Gasteiger partial charge in [-0.1, -0.05) is 18.2 Å². The molecule has 2 N–H and O–H groups in total. The highest BCUT2D eigenvalue weighted by Gasteiger charge is 2.10. The van der Waals surface area contributed by atoms with Crippen LogP contribution in [0.1, 0.15) is 27.2 Å². The first-order valence-electron chi connectivity index (χ1n) is 8.06. The SMILES string of the molecule is Cc1cc(C)cc(NC(=O)c2ccnc(Nc3cccc(C)c3)n2)c1. The van der Waals surface area contributed by atoms with Crippen molar-refractivity contribution in [1.82, 2.24) is 9.97 Å². The zero-order chi connectivity index (χ0) is 17.8. The molecule has 1 amide bonds. The van der Waals surface area contributed by atoms with E-state index in [1.807, 2.05) is 57.2 Å². The van der Waals surface area contributed by atoms with E-state index in [4.69, 9.17) is 0 Å². The van der Waals surface area contributed by atoms with E-state index in [9.17, 15) is 4.79 Å². The topological polar surface area (TPSA) is 66.9 Å². The number of anilines is 3. The normalized spacial score (nSPS) is 10.4. The van der Waals surface area contributed by atoms with Crippen molar-refractivity contribution in [3.8, 4) is 0 Å². The molecule has 5 nitrogen and oxygen atoms in total. The molecule has 0 saturated carbocycles. The summed E-state index contributed by atoms with van der Waals surface area (Å²) in [4.78, 5) is 21.0. The van der Waals surface area contributed by atoms with E-state index < -0.39 is 0 Å². The minimum atomic E-state index is -0.264. The fourth-order valence-electron chi connectivity index (χ4n) is 2.64. The molecule has 3 rings (SSSR count). The maximum Gasteiger partial charge on any atom is 0.274 e. The summed E-state index contributed by atoms with van der Waals surface area (Å²) >= 11 is 0. The molecule has 0 saturated heterocycles. The Morgan fingerprint density at radius 1 is 0.880 bits per heavy atom. The second kappa shape index (κ2) is 7.13. The molecule has 126 valence electrons. The highest BCUT2D eigenvalue weighted by molar-refractivity contribution is 6.03. The molecule has 0 aliphatic heterocycles. The van der Waals surface area contributed by atoms with Gasteiger partial charge in [-0.15, -0.1) is 0 Å². The first-order valence-corrected chi connectivity index (χ1v) is 8.06. The standard InChI is InChI=1S/C20H20N4O/c1-13-5-4-6-16(10-13)23-20-21-8-7-18(24-20)19(25)22-17-11-14(2)9-15(3)12-17/h4-12H,1-3H3,(H,22,25)(H,21,23,24). The Kier molecular flexibility index (Phi) is 4.75. The quantitative estimate of drug-likeness (QED) is 0.743. The lowest BCUT2D eigenvalue weighted by molar-refractivity contribution is 0.102. The Bertz CT molecular complexity index is 901. The lowest BCUT2D eigenvalue weighted by Crippen LogP contribution is -2.15. The van der Waals surface area contributed by atoms with Gasteiger partial charge < -0.3 is 10.6 Å². The van der Waals surface area contributed by atoms with Crippen molar-refractivity contribution in [3.05, 3.63) is 77.1 Å². The summed E-state index contributed by atoms with van der Waals surface area (Å²) < 4.78 is 0. The van der Waals surface area contributed by atoms with Crippen molar-refractivity contribution >= 4 is 23.2 Å². The van der Waals surface area contributed by atoms with E-state index in [1.54, 1.807) is 12.3 Å². The molecule has 0 radical (unpaired) electrons. The molecule has 0 aliphatic rings. The van der Waals surface area contributed by atoms with Gasteiger partial charge in [-0.25, -0.2) is 9.97 Å². The number of carbonyl (C=O) groups is 1. The van der Waals surface area contributed by atoms with Crippen LogP contribution in [0.4, 0.5) is 17.3 Å². The Morgan fingerprint density at radius 2 is 1.60 bits per heavy atom. The zero-order valence-corrected chi connectivity index (χ0v) is 14.5. The van der Waals surface area contributed by atoms with Crippen molar-refractivity contribution in [1.29, 1.82) is 0 Å². The van der Waals surface area contributed by atoms with E-state index in [2.05, 4.69) is 26.7 Å². The number of rotatable bonds is 4. The van der Waals surface area contributed by atoms with Gasteiger partial charge in [0.2, 0.25) is 5.95 Å². The third-order valence-electron chi connectivity index (χ3n) is 3.64. The molecule has 5 heteroatoms. The molecule has 0 aliphatic carbocycles. The average Bonchev–Trinajstić information content (AvgIpc) is 2.54. The molecule has 1 aromatic heterocycles. The maximum atomic E-state index is 12.5. The number of nitrogens with one attached hydrogen (secondary N) is 2. The molecule has 0 bridgehead atoms. The number of benzene rings is 2. The smallest absolute Gasteiger partial charge is 0.274 e. The summed E-state index contributed by atoms with van der Waals surface area (Å²) in [5, 5.41) is 6.00. The van der Waals surface area contributed by atoms with Crippen LogP contribution in [0.25, 0.3) is 0 Å². The van der Waals surface area contributed by atoms with Crippen LogP contribution >= 0.6 is 0 Å². The van der Waals surface area contributed by atoms with Crippen LogP contribution in [0.2, 0.25) is 0 Å². The molecule has 0 fully saturated rings. The third-order valence-corrected chi connectivity index (χ3v) is 3.64. The highest BCUT2D eigenvalue weighted by atomic mass is 16.1. The molecule has 2 aromatic carbocycles. The molecule has 25 heavy (non-hydrogen) atoms. The second-order valence-electron chi connectivity index (χ2n) is 6.09. The molecule has 0 unspecified atom stereocenters. The third kappa shape index (κ3) is 4.41. The van der Waals surface area contributed by atoms with Crippen molar-refractivity contribution in [2.75, 3.05) is 10.6 Å². The summed E-state index contributed by atoms with van der Waals surface area (Å²) in [6.07, 6.45) is 1.57. The lowest BCUT2D eigenvalue weighted by Gasteiger charge is -2.09. The fourth-order valence-corrected chi connectivity index (χ4v) is 2.64. The van der Waals surface area contributed by atoms with E-state index in [0.29, 0.717) is 11.6 Å². The van der Waals surface area contributed by atoms with Crippen LogP contribution in [-0.2, 0) is 0 Å². The van der Waals surface area contributed by atoms with Gasteiger partial charge in [0, 0.05) is 17.6 Å². The van der Waals surface area contributed by atoms with E-state index in [0.717, 1.165) is 28.1 Å². The van der Waals surface area contributed by atoms with Gasteiger partial charge in [0.25, 0.3) is 5.91 Å². The lowest BCUT2D eigenvalue weighted by atomic mass is 10.1. The van der Waals surface area contributed by atoms with Gasteiger partial charge in [-0.05, 0) is 67.8 Å². The van der Waals surface area contributed by atoms with Gasteiger partial charge >= 0.3 is 0 Å². The molecule has 0 atom stereocenters. The van der Waals surface area contributed by atoms with Crippen molar-refractivity contribution in [2.24, 2.45) is 0 Å². The minimum absolute atomic E-state index is 0.264. The number of amides is 1. The summed E-state index contributed by atoms with van der Waals surface area (Å²) in [5.74, 6) is 0.123. The van der Waals surface area contributed by atoms with Gasteiger partial charge in [0.05, 0.1) is 0 Å². The summed E-state index contributed by atoms with van der Waals surface area (Å²) in [6, 6.07) is 15.4. The first-order chi connectivity index (χ1) is 12.0. The van der Waals surface area contributed by atoms with Crippen LogP contribution < -0.4 is 10.6 Å². The fraction of sp³-hybridized carbons (Fsp3) is 0.150.